The van der Waals surface area contributed by atoms with Gasteiger partial charge in [0.2, 0.25) is 0 Å². The molecule has 34 heavy (non-hydrogen) atoms. The van der Waals surface area contributed by atoms with Crippen molar-refractivity contribution in [1.82, 2.24) is 10.2 Å². The lowest BCUT2D eigenvalue weighted by Gasteiger charge is -2.27. The fourth-order valence-corrected chi connectivity index (χ4v) is 3.68. The number of nitrogens with zero attached hydrogens (tertiary/aromatic N) is 1. The summed E-state index contributed by atoms with van der Waals surface area (Å²) in [7, 11) is -3.81. The summed E-state index contributed by atoms with van der Waals surface area (Å²) in [6, 6.07) is 6.46. The molecule has 9 nitrogen and oxygen atoms in total. The molecular weight excluding hydrogens is 460 g/mol. The Bertz CT molecular complexity index is 885. The first-order valence-electron chi connectivity index (χ1n) is 11.5. The Balaban J connectivity index is 2.51. The standard InChI is InChI=1S/C24H40N2O7S/c1-19-11-13-20(14-12-19)34(29,30)31-18-9-8-16-26(22(28)33-24(5,6)7)17-10-15-25-21(27)32-23(2,3)4/h11-14H,8-10,15-18H2,1-7H3,(H,25,27). The van der Waals surface area contributed by atoms with Crippen molar-refractivity contribution in [2.24, 2.45) is 0 Å². The zero-order valence-corrected chi connectivity index (χ0v) is 22.3. The first kappa shape index (κ1) is 29.7. The van der Waals surface area contributed by atoms with Gasteiger partial charge >= 0.3 is 12.2 Å². The van der Waals surface area contributed by atoms with Gasteiger partial charge in [0, 0.05) is 19.6 Å². The molecule has 1 rings (SSSR count). The second-order valence-electron chi connectivity index (χ2n) is 10.0. The van der Waals surface area contributed by atoms with Crippen LogP contribution >= 0.6 is 0 Å². The van der Waals surface area contributed by atoms with Crippen LogP contribution < -0.4 is 5.32 Å². The van der Waals surface area contributed by atoms with Crippen molar-refractivity contribution in [3.63, 3.8) is 0 Å². The van der Waals surface area contributed by atoms with Crippen molar-refractivity contribution >= 4 is 22.3 Å². The number of carbonyl (C=O) groups excluding carboxylic acids is 2. The van der Waals surface area contributed by atoms with Gasteiger partial charge < -0.3 is 19.7 Å². The van der Waals surface area contributed by atoms with Crippen molar-refractivity contribution in [2.45, 2.75) is 83.8 Å². The second kappa shape index (κ2) is 12.9. The summed E-state index contributed by atoms with van der Waals surface area (Å²) in [5.41, 5.74) is -0.265. The normalized spacial score (nSPS) is 12.2. The van der Waals surface area contributed by atoms with Crippen LogP contribution in [0.5, 0.6) is 0 Å². The summed E-state index contributed by atoms with van der Waals surface area (Å²) in [4.78, 5) is 26.0. The number of ether oxygens (including phenoxy) is 2. The Hall–Kier alpha value is -2.33. The quantitative estimate of drug-likeness (QED) is 0.348. The number of aryl methyl sites for hydroxylation is 1. The molecule has 1 aromatic carbocycles. The third-order valence-electron chi connectivity index (χ3n) is 4.30. The summed E-state index contributed by atoms with van der Waals surface area (Å²) in [6.07, 6.45) is 0.515. The van der Waals surface area contributed by atoms with Gasteiger partial charge in [-0.2, -0.15) is 8.42 Å². The van der Waals surface area contributed by atoms with Crippen LogP contribution in [0.1, 0.15) is 66.4 Å². The molecular formula is C24H40N2O7S. The van der Waals surface area contributed by atoms with Gasteiger partial charge in [-0.15, -0.1) is 0 Å². The molecule has 0 aromatic heterocycles. The Morgan fingerprint density at radius 3 is 2.00 bits per heavy atom. The van der Waals surface area contributed by atoms with Crippen LogP contribution in [-0.2, 0) is 23.8 Å². The molecule has 1 N–H and O–H groups in total. The predicted molar refractivity (Wildman–Crippen MR) is 130 cm³/mol. The van der Waals surface area contributed by atoms with Gasteiger partial charge in [0.15, 0.2) is 0 Å². The van der Waals surface area contributed by atoms with E-state index >= 15 is 0 Å². The van der Waals surface area contributed by atoms with E-state index in [2.05, 4.69) is 5.32 Å². The molecule has 1 aromatic rings. The predicted octanol–water partition coefficient (Wildman–Crippen LogP) is 4.63. The van der Waals surface area contributed by atoms with Crippen molar-refractivity contribution in [3.8, 4) is 0 Å². The molecule has 194 valence electrons. The highest BCUT2D eigenvalue weighted by molar-refractivity contribution is 7.86. The van der Waals surface area contributed by atoms with Crippen LogP contribution in [0.3, 0.4) is 0 Å². The monoisotopic (exact) mass is 500 g/mol. The van der Waals surface area contributed by atoms with Crippen LogP contribution in [0.4, 0.5) is 9.59 Å². The lowest BCUT2D eigenvalue weighted by molar-refractivity contribution is 0.0243. The van der Waals surface area contributed by atoms with Crippen molar-refractivity contribution in [3.05, 3.63) is 29.8 Å². The molecule has 0 fully saturated rings. The molecule has 0 spiro atoms. The Morgan fingerprint density at radius 2 is 1.44 bits per heavy atom. The first-order valence-corrected chi connectivity index (χ1v) is 12.9. The Labute approximate surface area is 204 Å². The molecule has 0 bridgehead atoms. The van der Waals surface area contributed by atoms with Crippen molar-refractivity contribution in [2.75, 3.05) is 26.2 Å². The lowest BCUT2D eigenvalue weighted by atomic mass is 10.2. The highest BCUT2D eigenvalue weighted by atomic mass is 32.2. The minimum atomic E-state index is -3.81. The highest BCUT2D eigenvalue weighted by Crippen LogP contribution is 2.15. The zero-order chi connectivity index (χ0) is 26.0. The molecule has 0 radical (unpaired) electrons. The smallest absolute Gasteiger partial charge is 0.410 e. The average molecular weight is 501 g/mol. The second-order valence-corrected chi connectivity index (χ2v) is 11.7. The summed E-state index contributed by atoms with van der Waals surface area (Å²) < 4.78 is 40.3. The SMILES string of the molecule is Cc1ccc(S(=O)(=O)OCCCCN(CCCNC(=O)OC(C)(C)C)C(=O)OC(C)(C)C)cc1. The summed E-state index contributed by atoms with van der Waals surface area (Å²) in [6.45, 7) is 13.7. The third-order valence-corrected chi connectivity index (χ3v) is 5.62. The van der Waals surface area contributed by atoms with Gasteiger partial charge in [-0.1, -0.05) is 17.7 Å². The van der Waals surface area contributed by atoms with Crippen LogP contribution in [0, 0.1) is 6.92 Å². The zero-order valence-electron chi connectivity index (χ0n) is 21.5. The minimum Gasteiger partial charge on any atom is -0.444 e. The summed E-state index contributed by atoms with van der Waals surface area (Å²) >= 11 is 0. The molecule has 0 aliphatic carbocycles. The Kier molecular flexibility index (Phi) is 11.3. The van der Waals surface area contributed by atoms with E-state index in [0.717, 1.165) is 5.56 Å². The average Bonchev–Trinajstić information content (AvgIpc) is 2.66. The lowest BCUT2D eigenvalue weighted by Crippen LogP contribution is -2.39. The third kappa shape index (κ3) is 12.8. The highest BCUT2D eigenvalue weighted by Gasteiger charge is 2.22. The summed E-state index contributed by atoms with van der Waals surface area (Å²) in [5, 5.41) is 2.67. The number of hydrogen-bond donors (Lipinski definition) is 1. The van der Waals surface area contributed by atoms with E-state index in [9.17, 15) is 18.0 Å². The van der Waals surface area contributed by atoms with E-state index in [0.29, 0.717) is 38.9 Å². The number of alkyl carbamates (subject to hydrolysis) is 1. The van der Waals surface area contributed by atoms with Crippen molar-refractivity contribution in [1.29, 1.82) is 0 Å². The van der Waals surface area contributed by atoms with Gasteiger partial charge in [-0.25, -0.2) is 9.59 Å². The number of benzene rings is 1. The van der Waals surface area contributed by atoms with Gasteiger partial charge in [0.05, 0.1) is 11.5 Å². The topological polar surface area (TPSA) is 111 Å². The molecule has 0 unspecified atom stereocenters. The van der Waals surface area contributed by atoms with E-state index in [4.69, 9.17) is 13.7 Å². The number of unbranched alkanes of at least 4 members (excludes halogenated alkanes) is 1. The molecule has 0 aliphatic heterocycles. The molecule has 10 heteroatoms. The first-order chi connectivity index (χ1) is 15.6. The van der Waals surface area contributed by atoms with Gasteiger partial charge in [-0.3, -0.25) is 4.18 Å². The summed E-state index contributed by atoms with van der Waals surface area (Å²) in [5.74, 6) is 0. The van der Waals surface area contributed by atoms with Gasteiger partial charge in [0.1, 0.15) is 11.2 Å². The molecule has 0 saturated heterocycles. The van der Waals surface area contributed by atoms with E-state index < -0.39 is 33.5 Å². The maximum Gasteiger partial charge on any atom is 0.410 e. The number of hydrogen-bond acceptors (Lipinski definition) is 7. The van der Waals surface area contributed by atoms with E-state index in [-0.39, 0.29) is 11.5 Å². The van der Waals surface area contributed by atoms with E-state index in [1.807, 2.05) is 6.92 Å². The maximum absolute atomic E-state index is 12.6. The maximum atomic E-state index is 12.6. The van der Waals surface area contributed by atoms with Crippen molar-refractivity contribution < 1.29 is 31.7 Å². The molecule has 0 aliphatic rings. The van der Waals surface area contributed by atoms with Gasteiger partial charge in [-0.05, 0) is 79.9 Å². The van der Waals surface area contributed by atoms with Crippen LogP contribution in [0.25, 0.3) is 0 Å². The number of nitrogens with one attached hydrogen (secondary N) is 1. The molecule has 0 atom stereocenters. The van der Waals surface area contributed by atoms with Gasteiger partial charge in [0.25, 0.3) is 10.1 Å². The molecule has 0 heterocycles. The fraction of sp³-hybridized carbons (Fsp3) is 0.667. The van der Waals surface area contributed by atoms with E-state index in [1.54, 1.807) is 58.6 Å². The van der Waals surface area contributed by atoms with Crippen LogP contribution in [0.15, 0.2) is 29.2 Å². The molecule has 0 saturated carbocycles. The minimum absolute atomic E-state index is 0.0125. The number of amides is 2. The van der Waals surface area contributed by atoms with Crippen LogP contribution in [0.2, 0.25) is 0 Å². The number of carbonyl (C=O) groups is 2. The number of rotatable bonds is 11. The van der Waals surface area contributed by atoms with Crippen LogP contribution in [-0.4, -0.2) is 62.9 Å². The van der Waals surface area contributed by atoms with E-state index in [1.165, 1.54) is 12.1 Å². The fourth-order valence-electron chi connectivity index (χ4n) is 2.74. The molecule has 2 amide bonds. The Morgan fingerprint density at radius 1 is 0.882 bits per heavy atom. The largest absolute Gasteiger partial charge is 0.444 e.